The van der Waals surface area contributed by atoms with Crippen LogP contribution in [0.2, 0.25) is 0 Å². The lowest BCUT2D eigenvalue weighted by atomic mass is 10.1. The van der Waals surface area contributed by atoms with Gasteiger partial charge in [0.15, 0.2) is 0 Å². The number of halogens is 3. The lowest BCUT2D eigenvalue weighted by molar-refractivity contribution is -0.137. The molecular weight excluding hydrogens is 331 g/mol. The van der Waals surface area contributed by atoms with Gasteiger partial charge in [0.2, 0.25) is 5.91 Å². The van der Waals surface area contributed by atoms with E-state index in [1.54, 1.807) is 0 Å². The summed E-state index contributed by atoms with van der Waals surface area (Å²) in [4.78, 5) is 11.8. The van der Waals surface area contributed by atoms with Crippen molar-refractivity contribution in [2.75, 3.05) is 6.54 Å². The predicted octanol–water partition coefficient (Wildman–Crippen LogP) is 3.88. The maximum absolute atomic E-state index is 12.5. The molecule has 0 radical (unpaired) electrons. The minimum atomic E-state index is -4.41. The van der Waals surface area contributed by atoms with Crippen molar-refractivity contribution in [2.45, 2.75) is 31.5 Å². The van der Waals surface area contributed by atoms with Crippen molar-refractivity contribution in [1.82, 2.24) is 5.32 Å². The molecule has 2 rings (SSSR count). The van der Waals surface area contributed by atoms with Gasteiger partial charge in [-0.15, -0.1) is 0 Å². The molecule has 1 atom stereocenters. The van der Waals surface area contributed by atoms with Crippen molar-refractivity contribution >= 4 is 5.91 Å². The van der Waals surface area contributed by atoms with Crippen molar-refractivity contribution in [3.8, 4) is 0 Å². The average Bonchev–Trinajstić information content (AvgIpc) is 2.60. The fraction of sp³-hybridized carbons (Fsp3) is 0.316. The van der Waals surface area contributed by atoms with E-state index < -0.39 is 17.8 Å². The van der Waals surface area contributed by atoms with Crippen LogP contribution in [0.5, 0.6) is 0 Å². The van der Waals surface area contributed by atoms with Crippen molar-refractivity contribution in [1.29, 1.82) is 0 Å². The summed E-state index contributed by atoms with van der Waals surface area (Å²) >= 11 is 0. The normalized spacial score (nSPS) is 12.6. The van der Waals surface area contributed by atoms with Gasteiger partial charge in [0.05, 0.1) is 11.7 Å². The molecule has 2 aromatic carbocycles. The fourth-order valence-corrected chi connectivity index (χ4v) is 2.41. The van der Waals surface area contributed by atoms with Gasteiger partial charge >= 0.3 is 6.18 Å². The van der Waals surface area contributed by atoms with Crippen LogP contribution in [0.1, 0.15) is 35.6 Å². The van der Waals surface area contributed by atoms with Crippen LogP contribution in [-0.2, 0) is 17.4 Å². The Balaban J connectivity index is 1.73. The Hall–Kier alpha value is -2.34. The highest BCUT2D eigenvalue weighted by Crippen LogP contribution is 2.29. The highest BCUT2D eigenvalue weighted by Gasteiger charge is 2.30. The molecule has 0 aliphatic rings. The van der Waals surface area contributed by atoms with E-state index in [9.17, 15) is 23.1 Å². The number of benzene rings is 2. The maximum atomic E-state index is 12.5. The van der Waals surface area contributed by atoms with Crippen LogP contribution in [0.3, 0.4) is 0 Å². The summed E-state index contributed by atoms with van der Waals surface area (Å²) in [7, 11) is 0. The smallest absolute Gasteiger partial charge is 0.387 e. The quantitative estimate of drug-likeness (QED) is 0.795. The van der Waals surface area contributed by atoms with Crippen molar-refractivity contribution < 1.29 is 23.1 Å². The monoisotopic (exact) mass is 351 g/mol. The number of nitrogens with one attached hydrogen (secondary N) is 1. The zero-order valence-electron chi connectivity index (χ0n) is 13.6. The Morgan fingerprint density at radius 1 is 1.04 bits per heavy atom. The lowest BCUT2D eigenvalue weighted by Crippen LogP contribution is -2.28. The van der Waals surface area contributed by atoms with Crippen LogP contribution in [0.4, 0.5) is 13.2 Å². The molecule has 6 heteroatoms. The van der Waals surface area contributed by atoms with E-state index in [2.05, 4.69) is 5.32 Å². The van der Waals surface area contributed by atoms with E-state index in [0.717, 1.165) is 24.1 Å². The third-order valence-electron chi connectivity index (χ3n) is 3.83. The van der Waals surface area contributed by atoms with Gasteiger partial charge in [-0.3, -0.25) is 4.79 Å². The highest BCUT2D eigenvalue weighted by molar-refractivity contribution is 5.75. The predicted molar refractivity (Wildman–Crippen MR) is 88.8 cm³/mol. The molecule has 0 fully saturated rings. The SMILES string of the molecule is O=C(CCCc1ccccc1)NCC(O)c1ccc(C(F)(F)F)cc1. The molecule has 0 saturated carbocycles. The Bertz CT molecular complexity index is 669. The number of aryl methyl sites for hydroxylation is 1. The van der Waals surface area contributed by atoms with Crippen molar-refractivity contribution in [3.05, 3.63) is 71.3 Å². The van der Waals surface area contributed by atoms with Crippen LogP contribution in [0.15, 0.2) is 54.6 Å². The third kappa shape index (κ3) is 6.23. The van der Waals surface area contributed by atoms with E-state index in [4.69, 9.17) is 0 Å². The van der Waals surface area contributed by atoms with Gasteiger partial charge < -0.3 is 10.4 Å². The first-order valence-electron chi connectivity index (χ1n) is 8.02. The lowest BCUT2D eigenvalue weighted by Gasteiger charge is -2.13. The zero-order chi connectivity index (χ0) is 18.3. The van der Waals surface area contributed by atoms with E-state index in [1.807, 2.05) is 30.3 Å². The number of hydrogen-bond donors (Lipinski definition) is 2. The summed E-state index contributed by atoms with van der Waals surface area (Å²) < 4.78 is 37.5. The summed E-state index contributed by atoms with van der Waals surface area (Å²) in [5.74, 6) is -0.193. The van der Waals surface area contributed by atoms with E-state index in [0.29, 0.717) is 18.4 Å². The minimum Gasteiger partial charge on any atom is -0.387 e. The molecule has 134 valence electrons. The molecule has 3 nitrogen and oxygen atoms in total. The van der Waals surface area contributed by atoms with Crippen LogP contribution in [0, 0.1) is 0 Å². The Labute approximate surface area is 144 Å². The highest BCUT2D eigenvalue weighted by atomic mass is 19.4. The first-order chi connectivity index (χ1) is 11.9. The number of rotatable bonds is 7. The summed E-state index contributed by atoms with van der Waals surface area (Å²) in [5.41, 5.74) is 0.714. The molecule has 0 bridgehead atoms. The number of carbonyl (C=O) groups excluding carboxylic acids is 1. The van der Waals surface area contributed by atoms with Gasteiger partial charge in [-0.1, -0.05) is 42.5 Å². The standard InChI is InChI=1S/C19H20F3NO2/c20-19(21,22)16-11-9-15(10-12-16)17(24)13-23-18(25)8-4-7-14-5-2-1-3-6-14/h1-3,5-6,9-12,17,24H,4,7-8,13H2,(H,23,25). The molecule has 0 spiro atoms. The molecule has 1 unspecified atom stereocenters. The molecule has 0 aromatic heterocycles. The number of amides is 1. The van der Waals surface area contributed by atoms with Gasteiger partial charge in [0.1, 0.15) is 0 Å². The zero-order valence-corrected chi connectivity index (χ0v) is 13.6. The molecule has 2 aromatic rings. The first kappa shape index (κ1) is 19.0. The largest absolute Gasteiger partial charge is 0.416 e. The van der Waals surface area contributed by atoms with Gasteiger partial charge in [0, 0.05) is 13.0 Å². The second-order valence-electron chi connectivity index (χ2n) is 5.78. The molecule has 0 aliphatic heterocycles. The van der Waals surface area contributed by atoms with Crippen molar-refractivity contribution in [2.24, 2.45) is 0 Å². The summed E-state index contributed by atoms with van der Waals surface area (Å²) in [5, 5.41) is 12.6. The summed E-state index contributed by atoms with van der Waals surface area (Å²) in [6.07, 6.45) is -3.65. The van der Waals surface area contributed by atoms with Gasteiger partial charge in [-0.2, -0.15) is 13.2 Å². The fourth-order valence-electron chi connectivity index (χ4n) is 2.41. The van der Waals surface area contributed by atoms with Crippen LogP contribution >= 0.6 is 0 Å². The number of alkyl halides is 3. The summed E-state index contributed by atoms with van der Waals surface area (Å²) in [6.45, 7) is -0.0322. The molecule has 0 heterocycles. The Morgan fingerprint density at radius 3 is 2.28 bits per heavy atom. The molecule has 0 aliphatic carbocycles. The van der Waals surface area contributed by atoms with E-state index >= 15 is 0 Å². The molecular formula is C19H20F3NO2. The second-order valence-corrected chi connectivity index (χ2v) is 5.78. The third-order valence-corrected chi connectivity index (χ3v) is 3.83. The number of hydrogen-bond acceptors (Lipinski definition) is 2. The molecule has 1 amide bonds. The average molecular weight is 351 g/mol. The first-order valence-corrected chi connectivity index (χ1v) is 8.02. The van der Waals surface area contributed by atoms with Gasteiger partial charge in [-0.25, -0.2) is 0 Å². The number of aliphatic hydroxyl groups is 1. The van der Waals surface area contributed by atoms with Crippen LogP contribution < -0.4 is 5.32 Å². The molecule has 2 N–H and O–H groups in total. The number of aliphatic hydroxyl groups excluding tert-OH is 1. The maximum Gasteiger partial charge on any atom is 0.416 e. The van der Waals surface area contributed by atoms with Crippen LogP contribution in [0.25, 0.3) is 0 Å². The van der Waals surface area contributed by atoms with Crippen molar-refractivity contribution in [3.63, 3.8) is 0 Å². The summed E-state index contributed by atoms with van der Waals surface area (Å²) in [6, 6.07) is 14.1. The van der Waals surface area contributed by atoms with E-state index in [-0.39, 0.29) is 12.5 Å². The Morgan fingerprint density at radius 2 is 1.68 bits per heavy atom. The molecule has 25 heavy (non-hydrogen) atoms. The van der Waals surface area contributed by atoms with Gasteiger partial charge in [-0.05, 0) is 36.1 Å². The second kappa shape index (κ2) is 8.67. The van der Waals surface area contributed by atoms with E-state index in [1.165, 1.54) is 12.1 Å². The van der Waals surface area contributed by atoms with Gasteiger partial charge in [0.25, 0.3) is 0 Å². The minimum absolute atomic E-state index is 0.0322. The number of carbonyl (C=O) groups is 1. The van der Waals surface area contributed by atoms with Crippen LogP contribution in [-0.4, -0.2) is 17.6 Å². The molecule has 0 saturated heterocycles. The topological polar surface area (TPSA) is 49.3 Å². The Kier molecular flexibility index (Phi) is 6.58.